The summed E-state index contributed by atoms with van der Waals surface area (Å²) in [5.41, 5.74) is 19.5. The van der Waals surface area contributed by atoms with E-state index >= 15 is 0 Å². The molecule has 0 saturated carbocycles. The first-order chi connectivity index (χ1) is 27.7. The Labute approximate surface area is 353 Å². The molecule has 0 spiro atoms. The number of furan rings is 1. The van der Waals surface area contributed by atoms with E-state index in [9.17, 15) is 0 Å². The number of hydrogen-bond donors (Lipinski definition) is 0. The summed E-state index contributed by atoms with van der Waals surface area (Å²) in [6, 6.07) is 46.2. The Morgan fingerprint density at radius 1 is 0.458 bits per heavy atom. The first-order valence-corrected chi connectivity index (χ1v) is 21.5. The minimum atomic E-state index is -0.0519. The van der Waals surface area contributed by atoms with Crippen LogP contribution >= 0.6 is 0 Å². The molecule has 298 valence electrons. The second kappa shape index (κ2) is 13.3. The maximum atomic E-state index is 7.25. The molecule has 0 N–H and O–H groups in total. The van der Waals surface area contributed by atoms with Crippen LogP contribution in [0.1, 0.15) is 111 Å². The summed E-state index contributed by atoms with van der Waals surface area (Å²) in [5.74, 6) is 0.897. The largest absolute Gasteiger partial charge is 0.440 e. The molecule has 0 atom stereocenters. The molecule has 1 aromatic heterocycles. The van der Waals surface area contributed by atoms with Gasteiger partial charge in [-0.2, -0.15) is 0 Å². The van der Waals surface area contributed by atoms with Gasteiger partial charge in [0.15, 0.2) is 0 Å². The summed E-state index contributed by atoms with van der Waals surface area (Å²) < 4.78 is 7.25. The topological polar surface area (TPSA) is 19.6 Å². The first kappa shape index (κ1) is 39.0. The lowest BCUT2D eigenvalue weighted by Gasteiger charge is -2.43. The fourth-order valence-electron chi connectivity index (χ4n) is 9.28. The molecule has 9 rings (SSSR count). The number of fused-ring (bicyclic) bond motifs is 6. The number of hydrogen-bond acceptors (Lipinski definition) is 3. The lowest BCUT2D eigenvalue weighted by atomic mass is 9.33. The van der Waals surface area contributed by atoms with Crippen molar-refractivity contribution in [3.63, 3.8) is 0 Å². The summed E-state index contributed by atoms with van der Waals surface area (Å²) in [6.07, 6.45) is 0. The third kappa shape index (κ3) is 6.51. The average molecular weight is 775 g/mol. The van der Waals surface area contributed by atoms with Gasteiger partial charge in [-0.25, -0.2) is 0 Å². The molecule has 6 aromatic carbocycles. The highest BCUT2D eigenvalue weighted by Crippen LogP contribution is 2.49. The van der Waals surface area contributed by atoms with Gasteiger partial charge in [-0.1, -0.05) is 156 Å². The molecule has 2 aliphatic rings. The predicted octanol–water partition coefficient (Wildman–Crippen LogP) is 13.7. The average Bonchev–Trinajstić information content (AvgIpc) is 3.55. The van der Waals surface area contributed by atoms with Crippen molar-refractivity contribution in [1.29, 1.82) is 0 Å². The number of nitrogens with zero attached hydrogens (tertiary/aromatic N) is 2. The van der Waals surface area contributed by atoms with E-state index in [1.807, 2.05) is 0 Å². The van der Waals surface area contributed by atoms with Gasteiger partial charge >= 0.3 is 0 Å². The van der Waals surface area contributed by atoms with Crippen molar-refractivity contribution >= 4 is 68.4 Å². The number of aryl methyl sites for hydroxylation is 1. The predicted molar refractivity (Wildman–Crippen MR) is 255 cm³/mol. The van der Waals surface area contributed by atoms with Crippen molar-refractivity contribution in [2.45, 2.75) is 112 Å². The van der Waals surface area contributed by atoms with Gasteiger partial charge in [0, 0.05) is 39.2 Å². The van der Waals surface area contributed by atoms with Crippen molar-refractivity contribution in [1.82, 2.24) is 0 Å². The van der Waals surface area contributed by atoms with Gasteiger partial charge in [-0.05, 0) is 121 Å². The van der Waals surface area contributed by atoms with Crippen molar-refractivity contribution in [3.8, 4) is 11.1 Å². The molecule has 2 aliphatic heterocycles. The van der Waals surface area contributed by atoms with Gasteiger partial charge < -0.3 is 9.32 Å². The Kier molecular flexibility index (Phi) is 8.77. The van der Waals surface area contributed by atoms with Crippen LogP contribution in [0, 0.1) is 6.92 Å². The van der Waals surface area contributed by atoms with Crippen molar-refractivity contribution in [3.05, 3.63) is 149 Å². The highest BCUT2D eigenvalue weighted by molar-refractivity contribution is 7.01. The van der Waals surface area contributed by atoms with E-state index in [-0.39, 0.29) is 28.4 Å². The molecule has 0 fully saturated rings. The van der Waals surface area contributed by atoms with Crippen molar-refractivity contribution < 1.29 is 4.42 Å². The number of anilines is 6. The van der Waals surface area contributed by atoms with Crippen LogP contribution in [0.2, 0.25) is 0 Å². The highest BCUT2D eigenvalue weighted by Gasteiger charge is 2.47. The summed E-state index contributed by atoms with van der Waals surface area (Å²) in [7, 11) is 0. The Morgan fingerprint density at radius 2 is 0.983 bits per heavy atom. The maximum Gasteiger partial charge on any atom is 0.257 e. The molecule has 0 aliphatic carbocycles. The normalized spacial score (nSPS) is 14.1. The van der Waals surface area contributed by atoms with Crippen LogP contribution < -0.4 is 26.2 Å². The number of para-hydroxylation sites is 1. The number of benzene rings is 6. The van der Waals surface area contributed by atoms with Crippen LogP contribution in [0.3, 0.4) is 0 Å². The van der Waals surface area contributed by atoms with E-state index in [0.29, 0.717) is 0 Å². The fourth-order valence-corrected chi connectivity index (χ4v) is 9.28. The third-order valence-corrected chi connectivity index (χ3v) is 12.8. The van der Waals surface area contributed by atoms with E-state index in [4.69, 9.17) is 4.42 Å². The SMILES string of the molecule is Cc1cc2c3c(c1)N(c1ccccc1-c1ccc(C(C)(C)C)cc1)c1oc4ccc(C(C)(C)C)cc4c1B3c1cc(C(C)(C)C)ccc1N2c1ccc(C(C)(C)C)cc1. The molecule has 0 bridgehead atoms. The monoisotopic (exact) mass is 774 g/mol. The molecule has 0 radical (unpaired) electrons. The van der Waals surface area contributed by atoms with E-state index in [2.05, 4.69) is 221 Å². The zero-order valence-corrected chi connectivity index (χ0v) is 37.4. The van der Waals surface area contributed by atoms with E-state index in [0.717, 1.165) is 28.5 Å². The Morgan fingerprint density at radius 3 is 1.59 bits per heavy atom. The molecule has 3 heterocycles. The van der Waals surface area contributed by atoms with Crippen LogP contribution in [0.4, 0.5) is 34.3 Å². The van der Waals surface area contributed by atoms with Crippen molar-refractivity contribution in [2.75, 3.05) is 9.80 Å². The summed E-state index contributed by atoms with van der Waals surface area (Å²) in [5, 5.41) is 1.18. The standard InChI is InChI=1S/C55H59BN2O/c1-34-30-46-50-47(31-34)58(44-17-15-14-16-41(44)35-18-20-36(21-19-35)52(2,3)4)51-49(42-32-38(54(8,9)10)25-29-48(42)59-51)56(50)43-33-39(55(11,12)13)24-28-45(43)57(46)40-26-22-37(23-27-40)53(5,6)7/h14-33H,1-13H3. The highest BCUT2D eigenvalue weighted by atomic mass is 16.4. The Bertz CT molecular complexity index is 2760. The van der Waals surface area contributed by atoms with Crippen LogP contribution in [-0.4, -0.2) is 6.71 Å². The van der Waals surface area contributed by atoms with E-state index < -0.39 is 0 Å². The minimum absolute atomic E-state index is 0.0292. The summed E-state index contributed by atoms with van der Waals surface area (Å²) >= 11 is 0. The van der Waals surface area contributed by atoms with Crippen LogP contribution in [0.5, 0.6) is 0 Å². The van der Waals surface area contributed by atoms with Gasteiger partial charge in [0.25, 0.3) is 6.71 Å². The summed E-state index contributed by atoms with van der Waals surface area (Å²) in [6.45, 7) is 29.8. The minimum Gasteiger partial charge on any atom is -0.440 e. The summed E-state index contributed by atoms with van der Waals surface area (Å²) in [4.78, 5) is 4.97. The zero-order valence-electron chi connectivity index (χ0n) is 37.4. The first-order valence-electron chi connectivity index (χ1n) is 21.5. The molecule has 0 saturated heterocycles. The smallest absolute Gasteiger partial charge is 0.257 e. The van der Waals surface area contributed by atoms with Gasteiger partial charge in [-0.3, -0.25) is 4.90 Å². The molecule has 0 unspecified atom stereocenters. The van der Waals surface area contributed by atoms with Gasteiger partial charge in [0.2, 0.25) is 5.88 Å². The molecule has 59 heavy (non-hydrogen) atoms. The second-order valence-electron chi connectivity index (χ2n) is 21.3. The molecule has 7 aromatic rings. The Hall–Kier alpha value is -5.48. The van der Waals surface area contributed by atoms with Gasteiger partial charge in [0.05, 0.1) is 5.69 Å². The van der Waals surface area contributed by atoms with Crippen LogP contribution in [0.25, 0.3) is 22.1 Å². The maximum absolute atomic E-state index is 7.25. The molecule has 0 amide bonds. The third-order valence-electron chi connectivity index (χ3n) is 12.8. The van der Waals surface area contributed by atoms with E-state index in [1.165, 1.54) is 72.1 Å². The molecular formula is C55H59BN2O. The van der Waals surface area contributed by atoms with Crippen LogP contribution in [0.15, 0.2) is 126 Å². The lowest BCUT2D eigenvalue weighted by Crippen LogP contribution is -2.61. The fraction of sp³-hybridized carbons (Fsp3) is 0.309. The van der Waals surface area contributed by atoms with Crippen LogP contribution in [-0.2, 0) is 21.7 Å². The number of rotatable bonds is 3. The van der Waals surface area contributed by atoms with Gasteiger partial charge in [0.1, 0.15) is 5.58 Å². The van der Waals surface area contributed by atoms with Crippen molar-refractivity contribution in [2.24, 2.45) is 0 Å². The zero-order chi connectivity index (χ0) is 42.0. The Balaban J connectivity index is 1.39. The van der Waals surface area contributed by atoms with E-state index in [1.54, 1.807) is 0 Å². The molecular weight excluding hydrogens is 715 g/mol. The molecule has 3 nitrogen and oxygen atoms in total. The lowest BCUT2D eigenvalue weighted by molar-refractivity contribution is 0.589. The van der Waals surface area contributed by atoms with Gasteiger partial charge in [-0.15, -0.1) is 0 Å². The second-order valence-corrected chi connectivity index (χ2v) is 21.3. The molecule has 4 heteroatoms. The quantitative estimate of drug-likeness (QED) is 0.167.